The Morgan fingerprint density at radius 3 is 2.60 bits per heavy atom. The minimum atomic E-state index is -0.718. The normalized spacial score (nSPS) is 17.6. The highest BCUT2D eigenvalue weighted by Crippen LogP contribution is 2.49. The van der Waals surface area contributed by atoms with Gasteiger partial charge >= 0.3 is 0 Å². The van der Waals surface area contributed by atoms with Gasteiger partial charge in [-0.15, -0.1) is 0 Å². The molecule has 0 bridgehead atoms. The molecule has 1 fully saturated rings. The van der Waals surface area contributed by atoms with Crippen LogP contribution in [0.5, 0.6) is 11.5 Å². The molecule has 0 atom stereocenters. The van der Waals surface area contributed by atoms with E-state index in [-0.39, 0.29) is 11.5 Å². The molecule has 1 saturated carbocycles. The maximum absolute atomic E-state index is 13.7. The first-order valence-electron chi connectivity index (χ1n) is 4.85. The Kier molecular flexibility index (Phi) is 2.12. The van der Waals surface area contributed by atoms with Crippen LogP contribution < -0.4 is 10.5 Å². The van der Waals surface area contributed by atoms with Crippen LogP contribution >= 0.6 is 0 Å². The number of rotatable bonds is 2. The molecule has 0 amide bonds. The number of phenolic OH excluding ortho intramolecular Hbond substituents is 1. The summed E-state index contributed by atoms with van der Waals surface area (Å²) in [4.78, 5) is 0. The predicted octanol–water partition coefficient (Wildman–Crippen LogP) is 1.80. The largest absolute Gasteiger partial charge is 0.505 e. The van der Waals surface area contributed by atoms with Crippen molar-refractivity contribution in [2.45, 2.75) is 25.3 Å². The van der Waals surface area contributed by atoms with Crippen molar-refractivity contribution in [1.29, 1.82) is 0 Å². The molecular formula is C11H14FNO2. The van der Waals surface area contributed by atoms with E-state index in [9.17, 15) is 9.50 Å². The van der Waals surface area contributed by atoms with Crippen LogP contribution in [0, 0.1) is 12.7 Å². The average molecular weight is 211 g/mol. The monoisotopic (exact) mass is 211 g/mol. The van der Waals surface area contributed by atoms with Gasteiger partial charge in [0.05, 0.1) is 7.11 Å². The molecule has 3 nitrogen and oxygen atoms in total. The van der Waals surface area contributed by atoms with Crippen LogP contribution in [0.25, 0.3) is 0 Å². The van der Waals surface area contributed by atoms with Crippen molar-refractivity contribution in [3.8, 4) is 11.5 Å². The molecule has 1 aromatic carbocycles. The molecule has 3 N–H and O–H groups in total. The average Bonchev–Trinajstić information content (AvgIpc) is 2.94. The number of hydrogen-bond donors (Lipinski definition) is 2. The summed E-state index contributed by atoms with van der Waals surface area (Å²) < 4.78 is 18.6. The fourth-order valence-electron chi connectivity index (χ4n) is 1.72. The number of hydrogen-bond acceptors (Lipinski definition) is 3. The summed E-state index contributed by atoms with van der Waals surface area (Å²) in [6.45, 7) is 1.65. The number of ether oxygens (including phenoxy) is 1. The van der Waals surface area contributed by atoms with Crippen LogP contribution in [0.15, 0.2) is 6.07 Å². The molecule has 0 saturated heterocycles. The maximum atomic E-state index is 13.7. The molecule has 1 aliphatic rings. The van der Waals surface area contributed by atoms with Gasteiger partial charge < -0.3 is 15.6 Å². The predicted molar refractivity (Wildman–Crippen MR) is 54.5 cm³/mol. The summed E-state index contributed by atoms with van der Waals surface area (Å²) in [5, 5.41) is 9.43. The van der Waals surface area contributed by atoms with Crippen molar-refractivity contribution in [3.05, 3.63) is 23.0 Å². The Balaban J connectivity index is 2.63. The highest BCUT2D eigenvalue weighted by atomic mass is 19.1. The first-order chi connectivity index (χ1) is 6.99. The second kappa shape index (κ2) is 3.10. The number of phenols is 1. The minimum Gasteiger partial charge on any atom is -0.505 e. The Morgan fingerprint density at radius 2 is 2.13 bits per heavy atom. The van der Waals surface area contributed by atoms with Gasteiger partial charge in [0.15, 0.2) is 11.5 Å². The van der Waals surface area contributed by atoms with E-state index in [1.54, 1.807) is 13.0 Å². The topological polar surface area (TPSA) is 55.5 Å². The Hall–Kier alpha value is -1.29. The quantitative estimate of drug-likeness (QED) is 0.784. The fourth-order valence-corrected chi connectivity index (χ4v) is 1.72. The highest BCUT2D eigenvalue weighted by molar-refractivity contribution is 5.51. The van der Waals surface area contributed by atoms with Gasteiger partial charge in [-0.3, -0.25) is 0 Å². The van der Waals surface area contributed by atoms with E-state index in [1.807, 2.05) is 0 Å². The Bertz CT molecular complexity index is 414. The Labute approximate surface area is 87.7 Å². The molecule has 0 aromatic heterocycles. The third-order valence-corrected chi connectivity index (χ3v) is 2.92. The molecular weight excluding hydrogens is 197 g/mol. The van der Waals surface area contributed by atoms with Crippen molar-refractivity contribution < 1.29 is 14.2 Å². The van der Waals surface area contributed by atoms with E-state index in [4.69, 9.17) is 10.5 Å². The van der Waals surface area contributed by atoms with E-state index in [0.29, 0.717) is 11.1 Å². The van der Waals surface area contributed by atoms with Gasteiger partial charge in [-0.05, 0) is 31.4 Å². The number of methoxy groups -OCH3 is 1. The van der Waals surface area contributed by atoms with Crippen molar-refractivity contribution in [3.63, 3.8) is 0 Å². The highest BCUT2D eigenvalue weighted by Gasteiger charge is 2.43. The lowest BCUT2D eigenvalue weighted by Crippen LogP contribution is -2.20. The van der Waals surface area contributed by atoms with Gasteiger partial charge in [-0.25, -0.2) is 0 Å². The smallest absolute Gasteiger partial charge is 0.207 e. The maximum Gasteiger partial charge on any atom is 0.207 e. The minimum absolute atomic E-state index is 0.0677. The number of aromatic hydroxyl groups is 1. The number of benzene rings is 1. The van der Waals surface area contributed by atoms with Crippen LogP contribution in [0.4, 0.5) is 4.39 Å². The van der Waals surface area contributed by atoms with Crippen LogP contribution in [-0.2, 0) is 5.54 Å². The first-order valence-corrected chi connectivity index (χ1v) is 4.85. The van der Waals surface area contributed by atoms with Gasteiger partial charge in [0.25, 0.3) is 0 Å². The molecule has 0 radical (unpaired) electrons. The summed E-state index contributed by atoms with van der Waals surface area (Å²) in [7, 11) is 1.38. The zero-order valence-electron chi connectivity index (χ0n) is 8.80. The van der Waals surface area contributed by atoms with E-state index in [0.717, 1.165) is 12.8 Å². The van der Waals surface area contributed by atoms with Crippen molar-refractivity contribution in [2.24, 2.45) is 5.73 Å². The molecule has 82 valence electrons. The second-order valence-corrected chi connectivity index (χ2v) is 4.09. The van der Waals surface area contributed by atoms with Crippen LogP contribution in [0.2, 0.25) is 0 Å². The van der Waals surface area contributed by atoms with Crippen molar-refractivity contribution >= 4 is 0 Å². The molecule has 0 unspecified atom stereocenters. The van der Waals surface area contributed by atoms with Gasteiger partial charge in [-0.2, -0.15) is 4.39 Å². The van der Waals surface area contributed by atoms with Crippen molar-refractivity contribution in [1.82, 2.24) is 0 Å². The third-order valence-electron chi connectivity index (χ3n) is 2.92. The molecule has 1 aliphatic carbocycles. The summed E-state index contributed by atoms with van der Waals surface area (Å²) in [5.41, 5.74) is 6.67. The molecule has 0 spiro atoms. The van der Waals surface area contributed by atoms with Crippen LogP contribution in [-0.4, -0.2) is 12.2 Å². The van der Waals surface area contributed by atoms with E-state index >= 15 is 0 Å². The molecule has 4 heteroatoms. The molecule has 0 aliphatic heterocycles. The summed E-state index contributed by atoms with van der Waals surface area (Å²) in [6, 6.07) is 1.70. The molecule has 15 heavy (non-hydrogen) atoms. The van der Waals surface area contributed by atoms with Crippen LogP contribution in [0.1, 0.15) is 24.0 Å². The zero-order chi connectivity index (χ0) is 11.2. The number of aryl methyl sites for hydroxylation is 1. The summed E-state index contributed by atoms with van der Waals surface area (Å²) >= 11 is 0. The van der Waals surface area contributed by atoms with E-state index in [2.05, 4.69) is 0 Å². The van der Waals surface area contributed by atoms with Gasteiger partial charge in [0.2, 0.25) is 5.82 Å². The number of halogens is 1. The molecule has 2 rings (SSSR count). The van der Waals surface area contributed by atoms with Gasteiger partial charge in [0, 0.05) is 11.1 Å². The lowest BCUT2D eigenvalue weighted by Gasteiger charge is -2.16. The SMILES string of the molecule is COc1c(C2(N)CC2)cc(C)c(O)c1F. The number of nitrogens with two attached hydrogens (primary N) is 1. The summed E-state index contributed by atoms with van der Waals surface area (Å²) in [5.74, 6) is -1.01. The lowest BCUT2D eigenvalue weighted by atomic mass is 10.0. The molecule has 1 aromatic rings. The molecule has 0 heterocycles. The first kappa shape index (κ1) is 10.2. The van der Waals surface area contributed by atoms with Gasteiger partial charge in [0.1, 0.15) is 0 Å². The standard InChI is InChI=1S/C11H14FNO2/c1-6-5-7(11(13)3-4-11)10(15-2)8(12)9(6)14/h5,14H,3-4,13H2,1-2H3. The second-order valence-electron chi connectivity index (χ2n) is 4.09. The lowest BCUT2D eigenvalue weighted by molar-refractivity contribution is 0.355. The van der Waals surface area contributed by atoms with Gasteiger partial charge in [-0.1, -0.05) is 0 Å². The zero-order valence-corrected chi connectivity index (χ0v) is 8.80. The van der Waals surface area contributed by atoms with Crippen molar-refractivity contribution in [2.75, 3.05) is 7.11 Å². The summed E-state index contributed by atoms with van der Waals surface area (Å²) in [6.07, 6.45) is 1.65. The fraction of sp³-hybridized carbons (Fsp3) is 0.455. The van der Waals surface area contributed by atoms with E-state index < -0.39 is 11.4 Å². The van der Waals surface area contributed by atoms with Crippen LogP contribution in [0.3, 0.4) is 0 Å². The van der Waals surface area contributed by atoms with E-state index in [1.165, 1.54) is 7.11 Å². The Morgan fingerprint density at radius 1 is 1.53 bits per heavy atom. The third kappa shape index (κ3) is 1.45.